The van der Waals surface area contributed by atoms with Gasteiger partial charge in [-0.2, -0.15) is 0 Å². The molecule has 1 aromatic heterocycles. The third kappa shape index (κ3) is 3.55. The molecule has 0 aromatic carbocycles. The second-order valence-electron chi connectivity index (χ2n) is 6.71. The number of ketones is 1. The van der Waals surface area contributed by atoms with Crippen LogP contribution in [0.4, 0.5) is 4.79 Å². The summed E-state index contributed by atoms with van der Waals surface area (Å²) in [5.41, 5.74) is 2.85. The van der Waals surface area contributed by atoms with Crippen molar-refractivity contribution in [2.75, 3.05) is 19.7 Å². The minimum atomic E-state index is -0.445. The number of aromatic nitrogens is 1. The molecule has 0 bridgehead atoms. The molecule has 1 fully saturated rings. The number of carbonyl (C=O) groups is 3. The SMILES string of the molecule is CCOC(=O)N[C@H]1CCCN(C(=O)c2[nH]c3c(c2C)C(=O)CCC3)C1. The van der Waals surface area contributed by atoms with Crippen molar-refractivity contribution in [3.05, 3.63) is 22.5 Å². The van der Waals surface area contributed by atoms with Gasteiger partial charge in [-0.05, 0) is 45.1 Å². The van der Waals surface area contributed by atoms with Crippen molar-refractivity contribution in [3.63, 3.8) is 0 Å². The summed E-state index contributed by atoms with van der Waals surface area (Å²) in [6, 6.07) is -0.108. The maximum atomic E-state index is 12.9. The Morgan fingerprint density at radius 2 is 2.12 bits per heavy atom. The Bertz CT molecular complexity index is 695. The van der Waals surface area contributed by atoms with Crippen LogP contribution >= 0.6 is 0 Å². The topological polar surface area (TPSA) is 91.5 Å². The Balaban J connectivity index is 1.73. The van der Waals surface area contributed by atoms with Gasteiger partial charge in [-0.1, -0.05) is 0 Å². The van der Waals surface area contributed by atoms with Crippen molar-refractivity contribution in [3.8, 4) is 0 Å². The van der Waals surface area contributed by atoms with Gasteiger partial charge in [0, 0.05) is 36.8 Å². The molecule has 1 saturated heterocycles. The first-order chi connectivity index (χ1) is 12.0. The number of carbonyl (C=O) groups excluding carboxylic acids is 3. The number of aromatic amines is 1. The molecule has 2 aliphatic rings. The normalized spacial score (nSPS) is 20.2. The zero-order chi connectivity index (χ0) is 18.0. The van der Waals surface area contributed by atoms with Gasteiger partial charge in [-0.25, -0.2) is 4.79 Å². The number of amides is 2. The van der Waals surface area contributed by atoms with E-state index in [0.717, 1.165) is 36.9 Å². The van der Waals surface area contributed by atoms with Crippen LogP contribution < -0.4 is 5.32 Å². The van der Waals surface area contributed by atoms with Crippen molar-refractivity contribution in [1.29, 1.82) is 0 Å². The van der Waals surface area contributed by atoms with E-state index in [-0.39, 0.29) is 17.7 Å². The van der Waals surface area contributed by atoms with Gasteiger partial charge in [0.05, 0.1) is 6.61 Å². The van der Waals surface area contributed by atoms with Crippen LogP contribution in [0.15, 0.2) is 0 Å². The van der Waals surface area contributed by atoms with Crippen LogP contribution in [0.2, 0.25) is 0 Å². The van der Waals surface area contributed by atoms with Crippen LogP contribution in [0.1, 0.15) is 64.7 Å². The summed E-state index contributed by atoms with van der Waals surface area (Å²) >= 11 is 0. The quantitative estimate of drug-likeness (QED) is 0.877. The number of nitrogens with zero attached hydrogens (tertiary/aromatic N) is 1. The van der Waals surface area contributed by atoms with Crippen LogP contribution in [-0.4, -0.2) is 53.4 Å². The lowest BCUT2D eigenvalue weighted by atomic mass is 9.93. The molecule has 136 valence electrons. The highest BCUT2D eigenvalue weighted by molar-refractivity contribution is 6.04. The molecule has 2 heterocycles. The third-order valence-corrected chi connectivity index (χ3v) is 4.96. The molecule has 1 aliphatic carbocycles. The zero-order valence-corrected chi connectivity index (χ0v) is 14.8. The predicted molar refractivity (Wildman–Crippen MR) is 91.9 cm³/mol. The molecule has 1 aliphatic heterocycles. The molecule has 7 nitrogen and oxygen atoms in total. The van der Waals surface area contributed by atoms with E-state index in [1.807, 2.05) is 6.92 Å². The van der Waals surface area contributed by atoms with E-state index in [1.165, 1.54) is 0 Å². The Labute approximate surface area is 147 Å². The average molecular weight is 347 g/mol. The van der Waals surface area contributed by atoms with Crippen molar-refractivity contribution < 1.29 is 19.1 Å². The highest BCUT2D eigenvalue weighted by Gasteiger charge is 2.31. The van der Waals surface area contributed by atoms with E-state index < -0.39 is 6.09 Å². The van der Waals surface area contributed by atoms with Crippen molar-refractivity contribution >= 4 is 17.8 Å². The van der Waals surface area contributed by atoms with Crippen LogP contribution in [0.3, 0.4) is 0 Å². The number of Topliss-reactive ketones (excluding diaryl/α,β-unsaturated/α-hetero) is 1. The number of fused-ring (bicyclic) bond motifs is 1. The molecule has 2 N–H and O–H groups in total. The maximum absolute atomic E-state index is 12.9. The second kappa shape index (κ2) is 7.29. The summed E-state index contributed by atoms with van der Waals surface area (Å²) in [5.74, 6) is 0.0182. The van der Waals surface area contributed by atoms with E-state index in [4.69, 9.17) is 4.74 Å². The van der Waals surface area contributed by atoms with Gasteiger partial charge in [-0.15, -0.1) is 0 Å². The number of aryl methyl sites for hydroxylation is 1. The maximum Gasteiger partial charge on any atom is 0.407 e. The van der Waals surface area contributed by atoms with Gasteiger partial charge >= 0.3 is 6.09 Å². The molecule has 1 atom stereocenters. The smallest absolute Gasteiger partial charge is 0.407 e. The van der Waals surface area contributed by atoms with Gasteiger partial charge in [-0.3, -0.25) is 9.59 Å². The fourth-order valence-corrected chi connectivity index (χ4v) is 3.76. The minimum absolute atomic E-state index is 0.102. The van der Waals surface area contributed by atoms with Crippen molar-refractivity contribution in [2.24, 2.45) is 0 Å². The lowest BCUT2D eigenvalue weighted by Gasteiger charge is -2.32. The minimum Gasteiger partial charge on any atom is -0.450 e. The Morgan fingerprint density at radius 1 is 1.32 bits per heavy atom. The standard InChI is InChI=1S/C18H25N3O4/c1-3-25-18(24)19-12-6-5-9-21(10-12)17(23)16-11(2)15-13(20-16)7-4-8-14(15)22/h12,20H,3-10H2,1-2H3,(H,19,24)/t12-/m0/s1. The van der Waals surface area contributed by atoms with E-state index in [1.54, 1.807) is 11.8 Å². The first kappa shape index (κ1) is 17.5. The van der Waals surface area contributed by atoms with Crippen molar-refractivity contribution in [2.45, 2.75) is 52.0 Å². The molecule has 2 amide bonds. The summed E-state index contributed by atoms with van der Waals surface area (Å²) in [6.45, 7) is 5.02. The highest BCUT2D eigenvalue weighted by atomic mass is 16.5. The lowest BCUT2D eigenvalue weighted by Crippen LogP contribution is -2.49. The number of H-pyrrole nitrogens is 1. The molecular formula is C18H25N3O4. The summed E-state index contributed by atoms with van der Waals surface area (Å²) in [5, 5.41) is 2.81. The Hall–Kier alpha value is -2.31. The first-order valence-corrected chi connectivity index (χ1v) is 8.98. The van der Waals surface area contributed by atoms with Crippen LogP contribution in [-0.2, 0) is 11.2 Å². The van der Waals surface area contributed by atoms with Crippen LogP contribution in [0, 0.1) is 6.92 Å². The number of hydrogen-bond donors (Lipinski definition) is 2. The largest absolute Gasteiger partial charge is 0.450 e. The predicted octanol–water partition coefficient (Wildman–Crippen LogP) is 2.19. The fraction of sp³-hybridized carbons (Fsp3) is 0.611. The van der Waals surface area contributed by atoms with E-state index >= 15 is 0 Å². The van der Waals surface area contributed by atoms with E-state index in [0.29, 0.717) is 37.4 Å². The number of alkyl carbamates (subject to hydrolysis) is 1. The first-order valence-electron chi connectivity index (χ1n) is 8.98. The van der Waals surface area contributed by atoms with Crippen LogP contribution in [0.25, 0.3) is 0 Å². The number of hydrogen-bond acceptors (Lipinski definition) is 4. The van der Waals surface area contributed by atoms with Gasteiger partial charge < -0.3 is 19.9 Å². The number of piperidine rings is 1. The average Bonchev–Trinajstić information content (AvgIpc) is 2.93. The highest BCUT2D eigenvalue weighted by Crippen LogP contribution is 2.27. The van der Waals surface area contributed by atoms with Crippen LogP contribution in [0.5, 0.6) is 0 Å². The van der Waals surface area contributed by atoms with E-state index in [2.05, 4.69) is 10.3 Å². The van der Waals surface area contributed by atoms with E-state index in [9.17, 15) is 14.4 Å². The molecule has 1 aromatic rings. The fourth-order valence-electron chi connectivity index (χ4n) is 3.76. The molecule has 3 rings (SSSR count). The number of rotatable bonds is 3. The van der Waals surface area contributed by atoms with Crippen molar-refractivity contribution in [1.82, 2.24) is 15.2 Å². The summed E-state index contributed by atoms with van der Waals surface area (Å²) in [6.07, 6.45) is 3.38. The molecule has 25 heavy (non-hydrogen) atoms. The number of likely N-dealkylation sites (tertiary alicyclic amines) is 1. The third-order valence-electron chi connectivity index (χ3n) is 4.96. The summed E-state index contributed by atoms with van der Waals surface area (Å²) in [7, 11) is 0. The Morgan fingerprint density at radius 3 is 2.84 bits per heavy atom. The summed E-state index contributed by atoms with van der Waals surface area (Å²) < 4.78 is 4.91. The Kier molecular flexibility index (Phi) is 5.11. The lowest BCUT2D eigenvalue weighted by molar-refractivity contribution is 0.0680. The molecule has 0 radical (unpaired) electrons. The molecule has 0 unspecified atom stereocenters. The molecule has 0 spiro atoms. The molecule has 0 saturated carbocycles. The number of ether oxygens (including phenoxy) is 1. The molecule has 7 heteroatoms. The number of nitrogens with one attached hydrogen (secondary N) is 2. The second-order valence-corrected chi connectivity index (χ2v) is 6.71. The monoisotopic (exact) mass is 347 g/mol. The van der Waals surface area contributed by atoms with Gasteiger partial charge in [0.1, 0.15) is 5.69 Å². The molecular weight excluding hydrogens is 322 g/mol. The van der Waals surface area contributed by atoms with Gasteiger partial charge in [0.15, 0.2) is 5.78 Å². The van der Waals surface area contributed by atoms with Gasteiger partial charge in [0.2, 0.25) is 0 Å². The summed E-state index contributed by atoms with van der Waals surface area (Å²) in [4.78, 5) is 41.6. The zero-order valence-electron chi connectivity index (χ0n) is 14.8. The van der Waals surface area contributed by atoms with Gasteiger partial charge in [0.25, 0.3) is 5.91 Å².